The molecule has 0 saturated heterocycles. The number of nitrogens with zero attached hydrogens (tertiary/aromatic N) is 3. The zero-order chi connectivity index (χ0) is 19.3. The third-order valence-corrected chi connectivity index (χ3v) is 3.60. The molecule has 0 unspecified atom stereocenters. The summed E-state index contributed by atoms with van der Waals surface area (Å²) in [5, 5.41) is 0. The van der Waals surface area contributed by atoms with Gasteiger partial charge in [-0.2, -0.15) is 0 Å². The molecule has 2 rings (SSSR count). The van der Waals surface area contributed by atoms with E-state index in [1.54, 1.807) is 39.2 Å². The number of hydrogen-bond donors (Lipinski definition) is 0. The lowest BCUT2D eigenvalue weighted by atomic mass is 10.1. The van der Waals surface area contributed by atoms with Crippen LogP contribution in [0.2, 0.25) is 0 Å². The molecule has 0 radical (unpaired) electrons. The molecular weight excluding hydrogens is 340 g/mol. The molecule has 0 spiro atoms. The number of aryl methyl sites for hydroxylation is 2. The minimum atomic E-state index is -0.789. The molecule has 0 aliphatic rings. The van der Waals surface area contributed by atoms with E-state index in [4.69, 9.17) is 4.74 Å². The van der Waals surface area contributed by atoms with Gasteiger partial charge in [0.25, 0.3) is 5.56 Å². The predicted octanol–water partition coefficient (Wildman–Crippen LogP) is 3.51. The predicted molar refractivity (Wildman–Crippen MR) is 98.9 cm³/mol. The van der Waals surface area contributed by atoms with Gasteiger partial charge in [-0.15, -0.1) is 0 Å². The summed E-state index contributed by atoms with van der Waals surface area (Å²) in [6.07, 6.45) is 3.34. The molecule has 0 amide bonds. The highest BCUT2D eigenvalue weighted by Crippen LogP contribution is 2.18. The van der Waals surface area contributed by atoms with Crippen LogP contribution in [0.3, 0.4) is 0 Å². The van der Waals surface area contributed by atoms with Crippen molar-refractivity contribution in [3.8, 4) is 5.75 Å². The number of aromatic nitrogens is 1. The van der Waals surface area contributed by atoms with Crippen molar-refractivity contribution < 1.29 is 13.5 Å². The van der Waals surface area contributed by atoms with Crippen molar-refractivity contribution in [3.63, 3.8) is 0 Å². The Morgan fingerprint density at radius 1 is 1.35 bits per heavy atom. The average molecular weight is 359 g/mol. The van der Waals surface area contributed by atoms with Crippen LogP contribution >= 0.6 is 0 Å². The number of aliphatic imine (C=N–C) groups is 2. The van der Waals surface area contributed by atoms with Crippen molar-refractivity contribution in [3.05, 3.63) is 69.7 Å². The largest absolute Gasteiger partial charge is 0.468 e. The Bertz CT molecular complexity index is 920. The van der Waals surface area contributed by atoms with Crippen LogP contribution in [0.15, 0.2) is 51.3 Å². The van der Waals surface area contributed by atoms with Crippen LogP contribution in [0.4, 0.5) is 8.78 Å². The van der Waals surface area contributed by atoms with E-state index in [9.17, 15) is 13.6 Å². The molecule has 2 aromatic rings. The molecule has 0 fully saturated rings. The summed E-state index contributed by atoms with van der Waals surface area (Å²) >= 11 is 0. The molecule has 0 N–H and O–H groups in total. The van der Waals surface area contributed by atoms with Gasteiger partial charge in [-0.1, -0.05) is 0 Å². The van der Waals surface area contributed by atoms with Gasteiger partial charge in [0.05, 0.1) is 5.70 Å². The summed E-state index contributed by atoms with van der Waals surface area (Å²) in [7, 11) is 1.66. The molecule has 1 aromatic carbocycles. The minimum absolute atomic E-state index is 0.0808. The number of halogens is 2. The van der Waals surface area contributed by atoms with Crippen LogP contribution in [0.25, 0.3) is 5.70 Å². The number of hydrogen-bond acceptors (Lipinski definition) is 4. The summed E-state index contributed by atoms with van der Waals surface area (Å²) < 4.78 is 33.0. The molecule has 0 bridgehead atoms. The molecule has 26 heavy (non-hydrogen) atoms. The van der Waals surface area contributed by atoms with Crippen LogP contribution in [-0.4, -0.2) is 23.7 Å². The third kappa shape index (κ3) is 4.72. The van der Waals surface area contributed by atoms with Crippen molar-refractivity contribution in [1.29, 1.82) is 0 Å². The van der Waals surface area contributed by atoms with Crippen LogP contribution in [-0.2, 0) is 7.05 Å². The lowest BCUT2D eigenvalue weighted by Crippen LogP contribution is -2.19. The van der Waals surface area contributed by atoms with E-state index in [-0.39, 0.29) is 18.0 Å². The maximum Gasteiger partial charge on any atom is 0.253 e. The fraction of sp³-hybridized carbons (Fsp3) is 0.211. The average Bonchev–Trinajstić information content (AvgIpc) is 2.59. The van der Waals surface area contributed by atoms with E-state index >= 15 is 0 Å². The van der Waals surface area contributed by atoms with Gasteiger partial charge in [-0.05, 0) is 44.8 Å². The summed E-state index contributed by atoms with van der Waals surface area (Å²) in [5.41, 5.74) is 2.33. The van der Waals surface area contributed by atoms with E-state index < -0.39 is 11.6 Å². The van der Waals surface area contributed by atoms with Gasteiger partial charge in [0.15, 0.2) is 18.3 Å². The SMILES string of the molecule is C=N/C(=C\C(C)=N/COc1ccc(F)cc1F)c1cc(C)c(=O)n(C)c1. The van der Waals surface area contributed by atoms with Gasteiger partial charge in [0, 0.05) is 36.1 Å². The summed E-state index contributed by atoms with van der Waals surface area (Å²) in [5.74, 6) is -1.54. The zero-order valence-corrected chi connectivity index (χ0v) is 14.8. The van der Waals surface area contributed by atoms with Gasteiger partial charge in [0.2, 0.25) is 0 Å². The van der Waals surface area contributed by atoms with Crippen molar-refractivity contribution in [1.82, 2.24) is 4.57 Å². The highest BCUT2D eigenvalue weighted by molar-refractivity contribution is 5.99. The molecule has 5 nitrogen and oxygen atoms in total. The Morgan fingerprint density at radius 3 is 2.69 bits per heavy atom. The topological polar surface area (TPSA) is 56.0 Å². The quantitative estimate of drug-likeness (QED) is 0.741. The third-order valence-electron chi connectivity index (χ3n) is 3.60. The van der Waals surface area contributed by atoms with Crippen LogP contribution < -0.4 is 10.3 Å². The first-order valence-electron chi connectivity index (χ1n) is 7.76. The second-order valence-electron chi connectivity index (χ2n) is 5.66. The van der Waals surface area contributed by atoms with Crippen LogP contribution in [0.1, 0.15) is 18.1 Å². The van der Waals surface area contributed by atoms with E-state index in [2.05, 4.69) is 16.7 Å². The Balaban J connectivity index is 2.16. The number of benzene rings is 1. The van der Waals surface area contributed by atoms with Gasteiger partial charge in [-0.3, -0.25) is 14.8 Å². The van der Waals surface area contributed by atoms with Crippen molar-refractivity contribution in [2.45, 2.75) is 13.8 Å². The Labute approximate surface area is 150 Å². The highest BCUT2D eigenvalue weighted by atomic mass is 19.1. The van der Waals surface area contributed by atoms with Gasteiger partial charge < -0.3 is 9.30 Å². The van der Waals surface area contributed by atoms with E-state index in [0.717, 1.165) is 17.7 Å². The molecule has 136 valence electrons. The fourth-order valence-corrected chi connectivity index (χ4v) is 2.28. The number of allylic oxidation sites excluding steroid dienone is 1. The number of rotatable bonds is 6. The molecule has 0 atom stereocenters. The van der Waals surface area contributed by atoms with Gasteiger partial charge >= 0.3 is 0 Å². The molecule has 0 saturated carbocycles. The Kier molecular flexibility index (Phi) is 6.16. The molecule has 1 aromatic heterocycles. The molecule has 7 heteroatoms. The summed E-state index contributed by atoms with van der Waals surface area (Å²) in [4.78, 5) is 19.9. The number of ether oxygens (including phenoxy) is 1. The molecular formula is C19H19F2N3O2. The van der Waals surface area contributed by atoms with Crippen molar-refractivity contribution in [2.24, 2.45) is 17.0 Å². The first kappa shape index (κ1) is 19.2. The molecule has 0 aliphatic carbocycles. The van der Waals surface area contributed by atoms with Gasteiger partial charge in [-0.25, -0.2) is 8.78 Å². The van der Waals surface area contributed by atoms with Crippen LogP contribution in [0.5, 0.6) is 5.75 Å². The van der Waals surface area contributed by atoms with E-state index in [1.165, 1.54) is 10.6 Å². The fourth-order valence-electron chi connectivity index (χ4n) is 2.28. The van der Waals surface area contributed by atoms with Crippen molar-refractivity contribution >= 4 is 18.1 Å². The van der Waals surface area contributed by atoms with E-state index in [0.29, 0.717) is 17.0 Å². The first-order chi connectivity index (χ1) is 12.3. The lowest BCUT2D eigenvalue weighted by molar-refractivity contribution is 0.312. The maximum absolute atomic E-state index is 13.5. The van der Waals surface area contributed by atoms with Crippen LogP contribution in [0, 0.1) is 18.6 Å². The summed E-state index contributed by atoms with van der Waals surface area (Å²) in [6, 6.07) is 4.78. The molecule has 0 aliphatic heterocycles. The van der Waals surface area contributed by atoms with Gasteiger partial charge in [0.1, 0.15) is 5.82 Å². The lowest BCUT2D eigenvalue weighted by Gasteiger charge is -2.07. The van der Waals surface area contributed by atoms with Crippen molar-refractivity contribution in [2.75, 3.05) is 6.73 Å². The maximum atomic E-state index is 13.5. The smallest absolute Gasteiger partial charge is 0.253 e. The monoisotopic (exact) mass is 359 g/mol. The second kappa shape index (κ2) is 8.33. The number of pyridine rings is 1. The molecule has 1 heterocycles. The Morgan fingerprint density at radius 2 is 2.08 bits per heavy atom. The highest BCUT2D eigenvalue weighted by Gasteiger charge is 2.06. The Hall–Kier alpha value is -3.09. The second-order valence-corrected chi connectivity index (χ2v) is 5.66. The standard InChI is InChI=1S/C19H19F2N3O2/c1-12-7-14(10-24(4)19(12)25)17(22-3)8-13(2)23-11-26-18-6-5-15(20)9-16(18)21/h5-10H,3,11H2,1-2,4H3/b17-8-,23-13-. The summed E-state index contributed by atoms with van der Waals surface area (Å²) in [6.45, 7) is 6.85. The zero-order valence-electron chi connectivity index (χ0n) is 14.8. The van der Waals surface area contributed by atoms with E-state index in [1.807, 2.05) is 0 Å². The normalized spacial score (nSPS) is 12.2. The minimum Gasteiger partial charge on any atom is -0.468 e. The first-order valence-corrected chi connectivity index (χ1v) is 7.76.